The van der Waals surface area contributed by atoms with E-state index in [4.69, 9.17) is 5.73 Å². The van der Waals surface area contributed by atoms with E-state index in [-0.39, 0.29) is 11.3 Å². The fourth-order valence-corrected chi connectivity index (χ4v) is 5.36. The van der Waals surface area contributed by atoms with Gasteiger partial charge in [0.25, 0.3) is 11.5 Å². The van der Waals surface area contributed by atoms with Crippen molar-refractivity contribution in [3.05, 3.63) is 100 Å². The van der Waals surface area contributed by atoms with Gasteiger partial charge in [-0.25, -0.2) is 9.97 Å². The van der Waals surface area contributed by atoms with E-state index in [2.05, 4.69) is 15.3 Å². The van der Waals surface area contributed by atoms with Crippen LogP contribution in [-0.4, -0.2) is 41.5 Å². The van der Waals surface area contributed by atoms with Gasteiger partial charge in [-0.1, -0.05) is 30.3 Å². The molecule has 10 nitrogen and oxygen atoms in total. The maximum absolute atomic E-state index is 13.5. The number of hydrogen-bond donors (Lipinski definition) is 3. The van der Waals surface area contributed by atoms with E-state index < -0.39 is 17.1 Å². The minimum absolute atomic E-state index is 0.0879. The first-order chi connectivity index (χ1) is 19.6. The average molecular weight is 549 g/mol. The Morgan fingerprint density at radius 3 is 2.46 bits per heavy atom. The van der Waals surface area contributed by atoms with Gasteiger partial charge in [0.05, 0.1) is 17.5 Å². The highest BCUT2D eigenvalue weighted by atomic mass is 16.3. The number of nitrogens with zero attached hydrogens (tertiary/aromatic N) is 4. The maximum Gasteiger partial charge on any atom is 0.268 e. The van der Waals surface area contributed by atoms with E-state index >= 15 is 0 Å². The summed E-state index contributed by atoms with van der Waals surface area (Å²) in [5.41, 5.74) is 8.94. The fraction of sp³-hybridized carbons (Fsp3) is 0.194. The predicted octanol–water partition coefficient (Wildman–Crippen LogP) is 3.98. The number of anilines is 2. The third kappa shape index (κ3) is 4.78. The summed E-state index contributed by atoms with van der Waals surface area (Å²) in [5.74, 6) is -0.373. The van der Waals surface area contributed by atoms with Crippen LogP contribution < -0.4 is 16.6 Å². The average Bonchev–Trinajstić information content (AvgIpc) is 3.49. The topological polar surface area (TPSA) is 145 Å². The molecule has 1 aliphatic rings. The van der Waals surface area contributed by atoms with Crippen molar-refractivity contribution in [3.63, 3.8) is 0 Å². The van der Waals surface area contributed by atoms with Crippen molar-refractivity contribution >= 4 is 34.2 Å². The van der Waals surface area contributed by atoms with E-state index in [0.717, 1.165) is 11.1 Å². The van der Waals surface area contributed by atoms with Crippen LogP contribution in [0.4, 0.5) is 11.5 Å². The van der Waals surface area contributed by atoms with Gasteiger partial charge < -0.3 is 20.7 Å². The van der Waals surface area contributed by atoms with E-state index in [9.17, 15) is 19.5 Å². The number of nitrogens with two attached hydrogens (primary N) is 1. The number of para-hydroxylation sites is 1. The van der Waals surface area contributed by atoms with E-state index in [1.165, 1.54) is 17.0 Å². The smallest absolute Gasteiger partial charge is 0.268 e. The lowest BCUT2D eigenvalue weighted by Gasteiger charge is -2.18. The van der Waals surface area contributed by atoms with Crippen molar-refractivity contribution < 1.29 is 14.7 Å². The molecule has 10 heteroatoms. The number of nitrogen functional groups attached to an aromatic ring is 1. The fourth-order valence-electron chi connectivity index (χ4n) is 5.36. The number of aromatic nitrogens is 4. The second-order valence-electron chi connectivity index (χ2n) is 10.8. The lowest BCUT2D eigenvalue weighted by Crippen LogP contribution is -2.30. The number of benzene rings is 2. The second kappa shape index (κ2) is 9.83. The molecule has 0 saturated heterocycles. The maximum atomic E-state index is 13.5. The molecule has 0 fully saturated rings. The standard InChI is InChI=1S/C31H28N6O4/c1-31(2,41)16-36-15-23(26-27(32)33-17-34-28(26)36)18-8-10-19(11-9-18)35-29(39)22-14-21-24(12-13-25(21)38)37(30(22)40)20-6-4-3-5-7-20/h3-11,14-15,17,41H,12-13,16H2,1-2H3,(H,35,39)(H2,32,33,34). The number of rotatable bonds is 6. The Balaban J connectivity index is 1.33. The minimum atomic E-state index is -0.974. The number of hydrogen-bond acceptors (Lipinski definition) is 7. The molecule has 0 spiro atoms. The summed E-state index contributed by atoms with van der Waals surface area (Å²) in [6, 6.07) is 17.5. The Morgan fingerprint density at radius 1 is 1.02 bits per heavy atom. The molecule has 2 aromatic carbocycles. The van der Waals surface area contributed by atoms with Crippen molar-refractivity contribution in [2.24, 2.45) is 0 Å². The third-order valence-electron chi connectivity index (χ3n) is 7.15. The Kier molecular flexibility index (Phi) is 6.27. The number of carbonyl (C=O) groups excluding carboxylic acids is 2. The number of amides is 1. The van der Waals surface area contributed by atoms with Gasteiger partial charge in [0.1, 0.15) is 23.4 Å². The van der Waals surface area contributed by atoms with Crippen molar-refractivity contribution in [1.29, 1.82) is 0 Å². The molecule has 4 N–H and O–H groups in total. The molecular weight excluding hydrogens is 520 g/mol. The van der Waals surface area contributed by atoms with Crippen LogP contribution in [0, 0.1) is 0 Å². The molecule has 206 valence electrons. The number of Topliss-reactive ketones (excluding diaryl/α,β-unsaturated/α-hetero) is 1. The van der Waals surface area contributed by atoms with Crippen molar-refractivity contribution in [2.45, 2.75) is 38.8 Å². The van der Waals surface area contributed by atoms with Gasteiger partial charge >= 0.3 is 0 Å². The first-order valence-electron chi connectivity index (χ1n) is 13.2. The molecule has 1 amide bonds. The molecule has 41 heavy (non-hydrogen) atoms. The van der Waals surface area contributed by atoms with Gasteiger partial charge in [0.2, 0.25) is 0 Å². The molecule has 0 saturated carbocycles. The minimum Gasteiger partial charge on any atom is -0.389 e. The summed E-state index contributed by atoms with van der Waals surface area (Å²) in [6.45, 7) is 3.73. The summed E-state index contributed by atoms with van der Waals surface area (Å²) in [5, 5.41) is 13.8. The summed E-state index contributed by atoms with van der Waals surface area (Å²) >= 11 is 0. The number of fused-ring (bicyclic) bond motifs is 2. The molecule has 6 rings (SSSR count). The van der Waals surface area contributed by atoms with E-state index in [0.29, 0.717) is 58.9 Å². The van der Waals surface area contributed by atoms with Gasteiger partial charge in [-0.15, -0.1) is 0 Å². The van der Waals surface area contributed by atoms with Crippen LogP contribution >= 0.6 is 0 Å². The zero-order valence-electron chi connectivity index (χ0n) is 22.6. The molecular formula is C31H28N6O4. The number of aliphatic hydroxyl groups is 1. The van der Waals surface area contributed by atoms with E-state index in [1.54, 1.807) is 50.2 Å². The van der Waals surface area contributed by atoms with Crippen LogP contribution in [0.15, 0.2) is 78.0 Å². The van der Waals surface area contributed by atoms with Crippen LogP contribution in [0.25, 0.3) is 27.8 Å². The first kappa shape index (κ1) is 26.1. The molecule has 0 radical (unpaired) electrons. The van der Waals surface area contributed by atoms with Crippen LogP contribution in [0.3, 0.4) is 0 Å². The summed E-state index contributed by atoms with van der Waals surface area (Å²) < 4.78 is 3.31. The quantitative estimate of drug-likeness (QED) is 0.291. The number of pyridine rings is 1. The Hall–Kier alpha value is -5.09. The van der Waals surface area contributed by atoms with Crippen molar-refractivity contribution in [2.75, 3.05) is 11.1 Å². The van der Waals surface area contributed by atoms with Gasteiger partial charge in [-0.2, -0.15) is 0 Å². The van der Waals surface area contributed by atoms with Crippen LogP contribution in [0.2, 0.25) is 0 Å². The lowest BCUT2D eigenvalue weighted by atomic mass is 10.1. The van der Waals surface area contributed by atoms with Crippen molar-refractivity contribution in [1.82, 2.24) is 19.1 Å². The summed E-state index contributed by atoms with van der Waals surface area (Å²) in [6.07, 6.45) is 4.01. The molecule has 3 aromatic heterocycles. The van der Waals surface area contributed by atoms with Crippen LogP contribution in [-0.2, 0) is 13.0 Å². The molecule has 0 bridgehead atoms. The van der Waals surface area contributed by atoms with E-state index in [1.807, 2.05) is 29.0 Å². The molecule has 0 atom stereocenters. The lowest BCUT2D eigenvalue weighted by molar-refractivity contribution is 0.0627. The first-order valence-corrected chi connectivity index (χ1v) is 13.2. The summed E-state index contributed by atoms with van der Waals surface area (Å²) in [7, 11) is 0. The van der Waals surface area contributed by atoms with Gasteiger partial charge in [-0.3, -0.25) is 19.0 Å². The highest BCUT2D eigenvalue weighted by molar-refractivity contribution is 6.07. The largest absolute Gasteiger partial charge is 0.389 e. The molecule has 1 aliphatic carbocycles. The molecule has 0 aliphatic heterocycles. The number of carbonyl (C=O) groups is 2. The predicted molar refractivity (Wildman–Crippen MR) is 156 cm³/mol. The van der Waals surface area contributed by atoms with Crippen molar-refractivity contribution in [3.8, 4) is 16.8 Å². The Morgan fingerprint density at radius 2 is 1.76 bits per heavy atom. The molecule has 0 unspecified atom stereocenters. The van der Waals surface area contributed by atoms with Crippen LogP contribution in [0.5, 0.6) is 0 Å². The zero-order chi connectivity index (χ0) is 28.9. The SMILES string of the molecule is CC(C)(O)Cn1cc(-c2ccc(NC(=O)c3cc4c(n(-c5ccccc5)c3=O)CCC4=O)cc2)c2c(N)ncnc21. The number of ketones is 1. The Labute approximate surface area is 235 Å². The highest BCUT2D eigenvalue weighted by Crippen LogP contribution is 2.34. The molecule has 5 aromatic rings. The van der Waals surface area contributed by atoms with Gasteiger partial charge in [-0.05, 0) is 56.2 Å². The monoisotopic (exact) mass is 548 g/mol. The third-order valence-corrected chi connectivity index (χ3v) is 7.15. The Bertz CT molecular complexity index is 1880. The highest BCUT2D eigenvalue weighted by Gasteiger charge is 2.28. The van der Waals surface area contributed by atoms with Gasteiger partial charge in [0.15, 0.2) is 5.78 Å². The second-order valence-corrected chi connectivity index (χ2v) is 10.8. The summed E-state index contributed by atoms with van der Waals surface area (Å²) in [4.78, 5) is 47.9. The van der Waals surface area contributed by atoms with Crippen LogP contribution in [0.1, 0.15) is 46.7 Å². The molecule has 3 heterocycles. The van der Waals surface area contributed by atoms with Gasteiger partial charge in [0, 0.05) is 40.8 Å². The normalized spacial score (nSPS) is 13.0. The number of nitrogens with one attached hydrogen (secondary N) is 1. The zero-order valence-corrected chi connectivity index (χ0v) is 22.6.